The zero-order valence-electron chi connectivity index (χ0n) is 13.7. The molecule has 8 heteroatoms. The fourth-order valence-corrected chi connectivity index (χ4v) is 3.24. The Morgan fingerprint density at radius 3 is 2.88 bits per heavy atom. The van der Waals surface area contributed by atoms with E-state index in [1.807, 2.05) is 12.1 Å². The lowest BCUT2D eigenvalue weighted by atomic mass is 9.97. The van der Waals surface area contributed by atoms with Crippen LogP contribution < -0.4 is 16.2 Å². The Bertz CT molecular complexity index is 582. The van der Waals surface area contributed by atoms with Crippen molar-refractivity contribution in [3.05, 3.63) is 30.1 Å². The molecule has 0 bridgehead atoms. The molecule has 130 valence electrons. The largest absolute Gasteiger partial charge is 0.453 e. The number of amides is 2. The molecule has 0 aromatic carbocycles. The Balaban J connectivity index is 1.51. The van der Waals surface area contributed by atoms with E-state index in [1.54, 1.807) is 17.3 Å². The Morgan fingerprint density at radius 2 is 2.12 bits per heavy atom. The number of aromatic nitrogens is 1. The first-order valence-corrected chi connectivity index (χ1v) is 8.21. The monoisotopic (exact) mass is 333 g/mol. The maximum Gasteiger partial charge on any atom is 0.409 e. The molecule has 3 heterocycles. The zero-order chi connectivity index (χ0) is 16.9. The van der Waals surface area contributed by atoms with Gasteiger partial charge in [-0.3, -0.25) is 9.78 Å². The summed E-state index contributed by atoms with van der Waals surface area (Å²) in [7, 11) is 1.36. The predicted molar refractivity (Wildman–Crippen MR) is 86.5 cm³/mol. The number of nitrogens with one attached hydrogen (secondary N) is 3. The van der Waals surface area contributed by atoms with Crippen LogP contribution in [0.4, 0.5) is 4.79 Å². The topological polar surface area (TPSA) is 95.6 Å². The summed E-state index contributed by atoms with van der Waals surface area (Å²) in [6.45, 7) is 1.05. The number of hydrazine groups is 1. The van der Waals surface area contributed by atoms with Crippen molar-refractivity contribution in [3.8, 4) is 0 Å². The first kappa shape index (κ1) is 16.7. The van der Waals surface area contributed by atoms with Crippen LogP contribution in [0.25, 0.3) is 0 Å². The molecule has 2 aliphatic rings. The summed E-state index contributed by atoms with van der Waals surface area (Å²) in [4.78, 5) is 29.7. The average Bonchev–Trinajstić information content (AvgIpc) is 3.10. The van der Waals surface area contributed by atoms with Gasteiger partial charge in [0.05, 0.1) is 19.2 Å². The summed E-state index contributed by atoms with van der Waals surface area (Å²) in [5.74, 6) is -0.224. The van der Waals surface area contributed by atoms with E-state index >= 15 is 0 Å². The number of hydrogen-bond acceptors (Lipinski definition) is 6. The highest BCUT2D eigenvalue weighted by Gasteiger charge is 2.32. The van der Waals surface area contributed by atoms with Gasteiger partial charge in [0.25, 0.3) is 0 Å². The number of carbonyl (C=O) groups is 2. The maximum absolute atomic E-state index is 12.5. The molecule has 3 atom stereocenters. The molecule has 0 radical (unpaired) electrons. The highest BCUT2D eigenvalue weighted by atomic mass is 16.5. The van der Waals surface area contributed by atoms with E-state index in [9.17, 15) is 9.59 Å². The van der Waals surface area contributed by atoms with Gasteiger partial charge in [0.15, 0.2) is 0 Å². The van der Waals surface area contributed by atoms with Gasteiger partial charge in [-0.2, -0.15) is 0 Å². The van der Waals surface area contributed by atoms with Crippen molar-refractivity contribution in [2.45, 2.75) is 31.5 Å². The Kier molecular flexibility index (Phi) is 5.27. The molecule has 24 heavy (non-hydrogen) atoms. The number of ether oxygens (including phenoxy) is 1. The van der Waals surface area contributed by atoms with E-state index in [0.29, 0.717) is 13.1 Å². The Morgan fingerprint density at radius 1 is 1.33 bits per heavy atom. The molecule has 2 fully saturated rings. The molecular formula is C16H23N5O3. The van der Waals surface area contributed by atoms with E-state index in [-0.39, 0.29) is 30.1 Å². The smallest absolute Gasteiger partial charge is 0.409 e. The van der Waals surface area contributed by atoms with E-state index < -0.39 is 0 Å². The van der Waals surface area contributed by atoms with Gasteiger partial charge in [-0.25, -0.2) is 15.6 Å². The third kappa shape index (κ3) is 3.82. The van der Waals surface area contributed by atoms with Gasteiger partial charge in [0.2, 0.25) is 5.91 Å². The van der Waals surface area contributed by atoms with Crippen LogP contribution in [-0.4, -0.2) is 48.2 Å². The summed E-state index contributed by atoms with van der Waals surface area (Å²) in [6, 6.07) is 4.05. The molecule has 1 aromatic heterocycles. The second-order valence-electron chi connectivity index (χ2n) is 6.17. The number of rotatable bonds is 3. The number of carbonyl (C=O) groups excluding carboxylic acids is 2. The van der Waals surface area contributed by atoms with E-state index in [4.69, 9.17) is 4.74 Å². The van der Waals surface area contributed by atoms with Crippen molar-refractivity contribution in [2.75, 3.05) is 20.2 Å². The van der Waals surface area contributed by atoms with Gasteiger partial charge < -0.3 is 15.0 Å². The van der Waals surface area contributed by atoms with Crippen molar-refractivity contribution < 1.29 is 14.3 Å². The number of hydrogen-bond donors (Lipinski definition) is 3. The minimum Gasteiger partial charge on any atom is -0.453 e. The summed E-state index contributed by atoms with van der Waals surface area (Å²) in [5, 5.41) is 3.02. The standard InChI is InChI=1S/C16H23N5O3/c1-24-16(23)21-8-2-3-12(10-21)15(22)18-14-9-13(19-20-14)11-4-6-17-7-5-11/h4-7,12-14,19-20H,2-3,8-10H2,1H3,(H,18,22). The summed E-state index contributed by atoms with van der Waals surface area (Å²) in [5.41, 5.74) is 7.43. The van der Waals surface area contributed by atoms with Crippen molar-refractivity contribution in [2.24, 2.45) is 5.92 Å². The van der Waals surface area contributed by atoms with Crippen LogP contribution in [0, 0.1) is 5.92 Å². The highest BCUT2D eigenvalue weighted by Crippen LogP contribution is 2.22. The van der Waals surface area contributed by atoms with Crippen molar-refractivity contribution in [3.63, 3.8) is 0 Å². The molecular weight excluding hydrogens is 310 g/mol. The Hall–Kier alpha value is -2.19. The first-order chi connectivity index (χ1) is 11.7. The third-order valence-corrected chi connectivity index (χ3v) is 4.55. The van der Waals surface area contributed by atoms with Gasteiger partial charge >= 0.3 is 6.09 Å². The predicted octanol–water partition coefficient (Wildman–Crippen LogP) is 0.541. The lowest BCUT2D eigenvalue weighted by molar-refractivity contribution is -0.127. The summed E-state index contributed by atoms with van der Waals surface area (Å²) in [6.07, 6.45) is 5.35. The molecule has 2 saturated heterocycles. The van der Waals surface area contributed by atoms with Crippen molar-refractivity contribution >= 4 is 12.0 Å². The molecule has 2 aliphatic heterocycles. The van der Waals surface area contributed by atoms with Gasteiger partial charge in [-0.05, 0) is 30.5 Å². The lowest BCUT2D eigenvalue weighted by Crippen LogP contribution is -2.50. The SMILES string of the molecule is COC(=O)N1CCCC(C(=O)NC2CC(c3ccncc3)NN2)C1. The molecule has 0 spiro atoms. The number of nitrogens with zero attached hydrogens (tertiary/aromatic N) is 2. The zero-order valence-corrected chi connectivity index (χ0v) is 13.7. The molecule has 1 aromatic rings. The maximum atomic E-state index is 12.5. The molecule has 3 rings (SSSR count). The normalized spacial score (nSPS) is 26.9. The van der Waals surface area contributed by atoms with Gasteiger partial charge in [0, 0.05) is 37.9 Å². The molecule has 2 amide bonds. The molecule has 3 N–H and O–H groups in total. The van der Waals surface area contributed by atoms with Crippen LogP contribution in [0.3, 0.4) is 0 Å². The fourth-order valence-electron chi connectivity index (χ4n) is 3.24. The van der Waals surface area contributed by atoms with Crippen molar-refractivity contribution in [1.29, 1.82) is 0 Å². The van der Waals surface area contributed by atoms with E-state index in [2.05, 4.69) is 21.2 Å². The van der Waals surface area contributed by atoms with Crippen LogP contribution in [0.5, 0.6) is 0 Å². The van der Waals surface area contributed by atoms with Gasteiger partial charge in [-0.1, -0.05) is 0 Å². The molecule has 8 nitrogen and oxygen atoms in total. The number of pyridine rings is 1. The van der Waals surface area contributed by atoms with Crippen molar-refractivity contribution in [1.82, 2.24) is 26.1 Å². The number of likely N-dealkylation sites (tertiary alicyclic amines) is 1. The molecule has 3 unspecified atom stereocenters. The fraction of sp³-hybridized carbons (Fsp3) is 0.562. The van der Waals surface area contributed by atoms with Crippen LogP contribution >= 0.6 is 0 Å². The summed E-state index contributed by atoms with van der Waals surface area (Å²) < 4.78 is 4.74. The van der Waals surface area contributed by atoms with Crippen LogP contribution in [0.15, 0.2) is 24.5 Å². The number of piperidine rings is 1. The minimum absolute atomic E-state index is 0.0294. The second-order valence-corrected chi connectivity index (χ2v) is 6.17. The number of methoxy groups -OCH3 is 1. The highest BCUT2D eigenvalue weighted by molar-refractivity contribution is 5.80. The minimum atomic E-state index is -0.370. The first-order valence-electron chi connectivity index (χ1n) is 8.21. The quantitative estimate of drug-likeness (QED) is 0.747. The van der Waals surface area contributed by atoms with E-state index in [1.165, 1.54) is 7.11 Å². The second kappa shape index (κ2) is 7.59. The van der Waals surface area contributed by atoms with Gasteiger partial charge in [0.1, 0.15) is 0 Å². The Labute approximate surface area is 140 Å². The molecule has 0 saturated carbocycles. The third-order valence-electron chi connectivity index (χ3n) is 4.55. The summed E-state index contributed by atoms with van der Waals surface area (Å²) >= 11 is 0. The average molecular weight is 333 g/mol. The van der Waals surface area contributed by atoms with Gasteiger partial charge in [-0.15, -0.1) is 0 Å². The van der Waals surface area contributed by atoms with E-state index in [0.717, 1.165) is 24.8 Å². The van der Waals surface area contributed by atoms with Crippen LogP contribution in [0.1, 0.15) is 30.9 Å². The van der Waals surface area contributed by atoms with Crippen LogP contribution in [-0.2, 0) is 9.53 Å². The lowest BCUT2D eigenvalue weighted by Gasteiger charge is -2.31. The van der Waals surface area contributed by atoms with Crippen LogP contribution in [0.2, 0.25) is 0 Å². The molecule has 0 aliphatic carbocycles.